The molecule has 1 N–H and O–H groups in total. The Morgan fingerprint density at radius 2 is 1.89 bits per heavy atom. The first-order chi connectivity index (χ1) is 13.2. The predicted octanol–water partition coefficient (Wildman–Crippen LogP) is 4.77. The van der Waals surface area contributed by atoms with E-state index < -0.39 is 0 Å². The molecule has 0 atom stereocenters. The van der Waals surface area contributed by atoms with Crippen molar-refractivity contribution in [2.45, 2.75) is 25.9 Å². The second-order valence-corrected chi connectivity index (χ2v) is 6.86. The first-order valence-corrected chi connectivity index (χ1v) is 9.39. The molecule has 27 heavy (non-hydrogen) atoms. The van der Waals surface area contributed by atoms with Crippen molar-refractivity contribution >= 4 is 22.8 Å². The molecule has 4 heteroatoms. The standard InChI is InChI=1S/C23H23NO3/c1-16-22-20(26-18-12-14-24-15-13-18)8-5-9-21(22)27-23(16)19(25)11-10-17-6-3-2-4-7-17/h2-11,18,24H,12-15H2,1H3. The minimum absolute atomic E-state index is 0.139. The Labute approximate surface area is 158 Å². The Bertz CT molecular complexity index is 966. The molecule has 3 aromatic rings. The fourth-order valence-electron chi connectivity index (χ4n) is 3.50. The molecule has 4 rings (SSSR count). The molecule has 4 nitrogen and oxygen atoms in total. The first kappa shape index (κ1) is 17.6. The van der Waals surface area contributed by atoms with Crippen LogP contribution in [0, 0.1) is 6.92 Å². The van der Waals surface area contributed by atoms with Crippen molar-refractivity contribution < 1.29 is 13.9 Å². The molecular formula is C23H23NO3. The summed E-state index contributed by atoms with van der Waals surface area (Å²) < 4.78 is 12.1. The van der Waals surface area contributed by atoms with Crippen LogP contribution < -0.4 is 10.1 Å². The lowest BCUT2D eigenvalue weighted by atomic mass is 10.1. The molecule has 1 saturated heterocycles. The number of allylic oxidation sites excluding steroid dienone is 1. The van der Waals surface area contributed by atoms with Crippen LogP contribution in [0.5, 0.6) is 5.75 Å². The molecule has 0 unspecified atom stereocenters. The smallest absolute Gasteiger partial charge is 0.221 e. The third kappa shape index (κ3) is 3.81. The maximum atomic E-state index is 12.7. The molecule has 0 radical (unpaired) electrons. The van der Waals surface area contributed by atoms with Gasteiger partial charge in [-0.15, -0.1) is 0 Å². The molecule has 2 aromatic carbocycles. The number of rotatable bonds is 5. The van der Waals surface area contributed by atoms with Gasteiger partial charge in [0.25, 0.3) is 0 Å². The quantitative estimate of drug-likeness (QED) is 0.525. The van der Waals surface area contributed by atoms with Gasteiger partial charge in [-0.1, -0.05) is 42.5 Å². The van der Waals surface area contributed by atoms with Crippen LogP contribution in [0.25, 0.3) is 17.0 Å². The van der Waals surface area contributed by atoms with Crippen molar-refractivity contribution in [2.24, 2.45) is 0 Å². The Morgan fingerprint density at radius 1 is 1.11 bits per heavy atom. The number of furan rings is 1. The van der Waals surface area contributed by atoms with Gasteiger partial charge in [0, 0.05) is 5.56 Å². The van der Waals surface area contributed by atoms with Crippen molar-refractivity contribution in [3.8, 4) is 5.75 Å². The number of piperidine rings is 1. The van der Waals surface area contributed by atoms with Crippen molar-refractivity contribution in [3.05, 3.63) is 71.5 Å². The summed E-state index contributed by atoms with van der Waals surface area (Å²) in [6.07, 6.45) is 5.54. The lowest BCUT2D eigenvalue weighted by Crippen LogP contribution is -2.34. The van der Waals surface area contributed by atoms with E-state index in [0.29, 0.717) is 11.3 Å². The van der Waals surface area contributed by atoms with Crippen LogP contribution in [0.3, 0.4) is 0 Å². The summed E-state index contributed by atoms with van der Waals surface area (Å²) in [6, 6.07) is 15.5. The average Bonchev–Trinajstić information content (AvgIpc) is 3.05. The zero-order valence-electron chi connectivity index (χ0n) is 15.4. The predicted molar refractivity (Wildman–Crippen MR) is 107 cm³/mol. The third-order valence-corrected chi connectivity index (χ3v) is 4.95. The van der Waals surface area contributed by atoms with Gasteiger partial charge >= 0.3 is 0 Å². The molecule has 1 fully saturated rings. The Hall–Kier alpha value is -2.85. The van der Waals surface area contributed by atoms with Gasteiger partial charge in [-0.05, 0) is 56.6 Å². The highest BCUT2D eigenvalue weighted by molar-refractivity contribution is 6.09. The van der Waals surface area contributed by atoms with E-state index in [0.717, 1.165) is 48.2 Å². The fraction of sp³-hybridized carbons (Fsp3) is 0.261. The van der Waals surface area contributed by atoms with E-state index in [1.54, 1.807) is 12.2 Å². The number of ether oxygens (including phenoxy) is 1. The molecule has 0 bridgehead atoms. The van der Waals surface area contributed by atoms with Gasteiger partial charge in [0.15, 0.2) is 5.76 Å². The van der Waals surface area contributed by atoms with E-state index in [9.17, 15) is 4.79 Å². The molecule has 0 amide bonds. The van der Waals surface area contributed by atoms with Gasteiger partial charge in [-0.3, -0.25) is 4.79 Å². The highest BCUT2D eigenvalue weighted by Crippen LogP contribution is 2.34. The van der Waals surface area contributed by atoms with Gasteiger partial charge < -0.3 is 14.5 Å². The number of aryl methyl sites for hydroxylation is 1. The third-order valence-electron chi connectivity index (χ3n) is 4.95. The van der Waals surface area contributed by atoms with E-state index in [1.807, 2.05) is 55.5 Å². The largest absolute Gasteiger partial charge is 0.490 e. The van der Waals surface area contributed by atoms with Crippen molar-refractivity contribution in [2.75, 3.05) is 13.1 Å². The number of carbonyl (C=O) groups excluding carboxylic acids is 1. The maximum absolute atomic E-state index is 12.7. The number of hydrogen-bond donors (Lipinski definition) is 1. The SMILES string of the molecule is Cc1c(C(=O)C=Cc2ccccc2)oc2cccc(OC3CCNCC3)c12. The molecule has 1 aliphatic heterocycles. The molecule has 0 aliphatic carbocycles. The fourth-order valence-corrected chi connectivity index (χ4v) is 3.50. The molecule has 1 aromatic heterocycles. The van der Waals surface area contributed by atoms with E-state index in [-0.39, 0.29) is 11.9 Å². The minimum Gasteiger partial charge on any atom is -0.490 e. The van der Waals surface area contributed by atoms with E-state index in [4.69, 9.17) is 9.15 Å². The van der Waals surface area contributed by atoms with Crippen LogP contribution in [0.4, 0.5) is 0 Å². The van der Waals surface area contributed by atoms with E-state index in [1.165, 1.54) is 0 Å². The summed E-state index contributed by atoms with van der Waals surface area (Å²) in [7, 11) is 0. The maximum Gasteiger partial charge on any atom is 0.221 e. The molecule has 2 heterocycles. The molecular weight excluding hydrogens is 338 g/mol. The highest BCUT2D eigenvalue weighted by Gasteiger charge is 2.21. The summed E-state index contributed by atoms with van der Waals surface area (Å²) >= 11 is 0. The number of nitrogens with one attached hydrogen (secondary N) is 1. The number of hydrogen-bond acceptors (Lipinski definition) is 4. The highest BCUT2D eigenvalue weighted by atomic mass is 16.5. The summed E-state index contributed by atoms with van der Waals surface area (Å²) in [6.45, 7) is 3.86. The van der Waals surface area contributed by atoms with Gasteiger partial charge in [-0.25, -0.2) is 0 Å². The Balaban J connectivity index is 1.62. The molecule has 0 saturated carbocycles. The zero-order chi connectivity index (χ0) is 18.6. The first-order valence-electron chi connectivity index (χ1n) is 9.39. The summed E-state index contributed by atoms with van der Waals surface area (Å²) in [4.78, 5) is 12.7. The van der Waals surface area contributed by atoms with Gasteiger partial charge in [0.2, 0.25) is 5.78 Å². The monoisotopic (exact) mass is 361 g/mol. The topological polar surface area (TPSA) is 51.5 Å². The Morgan fingerprint density at radius 3 is 2.67 bits per heavy atom. The number of benzene rings is 2. The Kier molecular flexibility index (Phi) is 5.07. The second-order valence-electron chi connectivity index (χ2n) is 6.86. The van der Waals surface area contributed by atoms with Gasteiger partial charge in [-0.2, -0.15) is 0 Å². The molecule has 1 aliphatic rings. The summed E-state index contributed by atoms with van der Waals surface area (Å²) in [5.74, 6) is 1.03. The number of ketones is 1. The zero-order valence-corrected chi connectivity index (χ0v) is 15.4. The van der Waals surface area contributed by atoms with Crippen LogP contribution in [0.15, 0.2) is 59.0 Å². The van der Waals surface area contributed by atoms with Crippen molar-refractivity contribution in [1.82, 2.24) is 5.32 Å². The van der Waals surface area contributed by atoms with Crippen LogP contribution in [-0.4, -0.2) is 25.0 Å². The summed E-state index contributed by atoms with van der Waals surface area (Å²) in [5, 5.41) is 4.24. The average molecular weight is 361 g/mol. The van der Waals surface area contributed by atoms with Crippen LogP contribution in [0.1, 0.15) is 34.5 Å². The lowest BCUT2D eigenvalue weighted by molar-refractivity contribution is 0.102. The van der Waals surface area contributed by atoms with Crippen LogP contribution in [0.2, 0.25) is 0 Å². The number of fused-ring (bicyclic) bond motifs is 1. The second kappa shape index (κ2) is 7.80. The molecule has 0 spiro atoms. The van der Waals surface area contributed by atoms with E-state index >= 15 is 0 Å². The molecule has 138 valence electrons. The van der Waals surface area contributed by atoms with Crippen molar-refractivity contribution in [1.29, 1.82) is 0 Å². The van der Waals surface area contributed by atoms with Crippen LogP contribution >= 0.6 is 0 Å². The minimum atomic E-state index is -0.139. The number of carbonyl (C=O) groups is 1. The van der Waals surface area contributed by atoms with Gasteiger partial charge in [0.05, 0.1) is 5.39 Å². The van der Waals surface area contributed by atoms with E-state index in [2.05, 4.69) is 5.32 Å². The van der Waals surface area contributed by atoms with Crippen LogP contribution in [-0.2, 0) is 0 Å². The van der Waals surface area contributed by atoms with Crippen molar-refractivity contribution in [3.63, 3.8) is 0 Å². The van der Waals surface area contributed by atoms with Gasteiger partial charge in [0.1, 0.15) is 17.4 Å². The normalized spacial score (nSPS) is 15.4. The summed E-state index contributed by atoms with van der Waals surface area (Å²) in [5.41, 5.74) is 2.50. The lowest BCUT2D eigenvalue weighted by Gasteiger charge is -2.24.